The standard InChI is InChI=1S/C16H21NO6/c1-3-12(9-18)23-13-8-7-11(5-4-6-14(20)21)16(22)15(13)17-10(2)19/h7-9,12,22H,3-6H2,1-2H3,(H,17,19)(H,20,21). The number of nitrogens with one attached hydrogen (secondary N) is 1. The summed E-state index contributed by atoms with van der Waals surface area (Å²) in [6.07, 6.45) is 1.10. The third-order valence-electron chi connectivity index (χ3n) is 3.19. The molecule has 7 nitrogen and oxygen atoms in total. The molecule has 23 heavy (non-hydrogen) atoms. The molecule has 126 valence electrons. The van der Waals surface area contributed by atoms with Gasteiger partial charge in [-0.3, -0.25) is 14.4 Å². The van der Waals surface area contributed by atoms with Crippen LogP contribution >= 0.6 is 0 Å². The number of aromatic hydroxyl groups is 1. The van der Waals surface area contributed by atoms with Crippen molar-refractivity contribution in [3.05, 3.63) is 17.7 Å². The van der Waals surface area contributed by atoms with Gasteiger partial charge in [-0.2, -0.15) is 0 Å². The number of aryl methyl sites for hydroxylation is 1. The van der Waals surface area contributed by atoms with Crippen molar-refractivity contribution in [2.45, 2.75) is 45.6 Å². The maximum atomic E-state index is 11.3. The molecule has 7 heteroatoms. The van der Waals surface area contributed by atoms with E-state index in [1.807, 2.05) is 0 Å². The van der Waals surface area contributed by atoms with E-state index in [2.05, 4.69) is 5.32 Å². The summed E-state index contributed by atoms with van der Waals surface area (Å²) in [4.78, 5) is 32.8. The van der Waals surface area contributed by atoms with Gasteiger partial charge >= 0.3 is 5.97 Å². The lowest BCUT2D eigenvalue weighted by Gasteiger charge is -2.18. The monoisotopic (exact) mass is 323 g/mol. The lowest BCUT2D eigenvalue weighted by molar-refractivity contribution is -0.137. The number of hydrogen-bond acceptors (Lipinski definition) is 5. The Kier molecular flexibility index (Phi) is 7.05. The van der Waals surface area contributed by atoms with E-state index in [1.165, 1.54) is 6.92 Å². The molecule has 1 aromatic rings. The first kappa shape index (κ1) is 18.5. The van der Waals surface area contributed by atoms with Gasteiger partial charge in [0, 0.05) is 13.3 Å². The molecule has 1 unspecified atom stereocenters. The Bertz CT molecular complexity index is 584. The molecule has 1 amide bonds. The number of aldehydes is 1. The maximum absolute atomic E-state index is 11.3. The van der Waals surface area contributed by atoms with Gasteiger partial charge in [0.25, 0.3) is 0 Å². The zero-order valence-electron chi connectivity index (χ0n) is 13.2. The van der Waals surface area contributed by atoms with E-state index < -0.39 is 18.0 Å². The van der Waals surface area contributed by atoms with Crippen LogP contribution in [0.1, 0.15) is 38.7 Å². The second-order valence-corrected chi connectivity index (χ2v) is 5.08. The minimum absolute atomic E-state index is 0.0176. The molecular formula is C16H21NO6. The summed E-state index contributed by atoms with van der Waals surface area (Å²) in [7, 11) is 0. The maximum Gasteiger partial charge on any atom is 0.303 e. The van der Waals surface area contributed by atoms with Crippen LogP contribution in [0.25, 0.3) is 0 Å². The van der Waals surface area contributed by atoms with Crippen molar-refractivity contribution in [1.29, 1.82) is 0 Å². The molecule has 0 aliphatic heterocycles. The number of aliphatic carboxylic acids is 1. The van der Waals surface area contributed by atoms with E-state index in [4.69, 9.17) is 9.84 Å². The minimum atomic E-state index is -0.914. The fraction of sp³-hybridized carbons (Fsp3) is 0.438. The molecule has 0 spiro atoms. The Balaban J connectivity index is 3.06. The first-order valence-corrected chi connectivity index (χ1v) is 7.35. The molecule has 0 fully saturated rings. The molecule has 0 heterocycles. The molecule has 0 aromatic heterocycles. The van der Waals surface area contributed by atoms with Crippen LogP contribution in [0.15, 0.2) is 12.1 Å². The number of phenolic OH excluding ortho intramolecular Hbond substituents is 1. The number of carboxylic acids is 1. The number of phenols is 1. The molecule has 0 radical (unpaired) electrons. The van der Waals surface area contributed by atoms with Gasteiger partial charge in [0.1, 0.15) is 17.2 Å². The highest BCUT2D eigenvalue weighted by atomic mass is 16.5. The number of rotatable bonds is 9. The summed E-state index contributed by atoms with van der Waals surface area (Å²) in [5.74, 6) is -1.29. The summed E-state index contributed by atoms with van der Waals surface area (Å²) in [5.41, 5.74) is 0.590. The number of carbonyl (C=O) groups excluding carboxylic acids is 2. The van der Waals surface area contributed by atoms with Gasteiger partial charge in [0.2, 0.25) is 5.91 Å². The lowest BCUT2D eigenvalue weighted by Crippen LogP contribution is -2.18. The lowest BCUT2D eigenvalue weighted by atomic mass is 10.1. The summed E-state index contributed by atoms with van der Waals surface area (Å²) in [6, 6.07) is 3.14. The van der Waals surface area contributed by atoms with Crippen LogP contribution in [-0.4, -0.2) is 34.5 Å². The van der Waals surface area contributed by atoms with Gasteiger partial charge in [-0.1, -0.05) is 13.0 Å². The molecule has 1 aromatic carbocycles. The number of anilines is 1. The molecule has 1 rings (SSSR count). The SMILES string of the molecule is CCC(C=O)Oc1ccc(CCCC(=O)O)c(O)c1NC(C)=O. The fourth-order valence-electron chi connectivity index (χ4n) is 2.01. The number of benzene rings is 1. The average molecular weight is 323 g/mol. The highest BCUT2D eigenvalue weighted by Gasteiger charge is 2.18. The van der Waals surface area contributed by atoms with Crippen molar-refractivity contribution in [3.63, 3.8) is 0 Å². The van der Waals surface area contributed by atoms with Crippen molar-refractivity contribution < 1.29 is 29.3 Å². The van der Waals surface area contributed by atoms with Crippen LogP contribution in [0.5, 0.6) is 11.5 Å². The highest BCUT2D eigenvalue weighted by molar-refractivity contribution is 5.93. The quantitative estimate of drug-likeness (QED) is 0.474. The van der Waals surface area contributed by atoms with E-state index in [0.29, 0.717) is 31.1 Å². The second-order valence-electron chi connectivity index (χ2n) is 5.08. The zero-order chi connectivity index (χ0) is 17.4. The van der Waals surface area contributed by atoms with Crippen LogP contribution in [0, 0.1) is 0 Å². The third kappa shape index (κ3) is 5.61. The largest absolute Gasteiger partial charge is 0.505 e. The van der Waals surface area contributed by atoms with Crippen LogP contribution in [0.4, 0.5) is 5.69 Å². The Morgan fingerprint density at radius 1 is 1.39 bits per heavy atom. The van der Waals surface area contributed by atoms with E-state index in [1.54, 1.807) is 19.1 Å². The Labute approximate surface area is 134 Å². The number of amides is 1. The summed E-state index contributed by atoms with van der Waals surface area (Å²) < 4.78 is 5.49. The Morgan fingerprint density at radius 3 is 2.61 bits per heavy atom. The first-order chi connectivity index (χ1) is 10.9. The summed E-state index contributed by atoms with van der Waals surface area (Å²) in [5, 5.41) is 21.5. The van der Waals surface area contributed by atoms with Gasteiger partial charge in [-0.05, 0) is 30.9 Å². The number of carbonyl (C=O) groups is 3. The van der Waals surface area contributed by atoms with Crippen molar-refractivity contribution in [3.8, 4) is 11.5 Å². The van der Waals surface area contributed by atoms with Crippen molar-refractivity contribution in [1.82, 2.24) is 0 Å². The molecule has 0 aliphatic rings. The topological polar surface area (TPSA) is 113 Å². The van der Waals surface area contributed by atoms with E-state index >= 15 is 0 Å². The van der Waals surface area contributed by atoms with Gasteiger partial charge in [0.15, 0.2) is 12.4 Å². The second kappa shape index (κ2) is 8.77. The van der Waals surface area contributed by atoms with Gasteiger partial charge < -0.3 is 20.3 Å². The molecule has 1 atom stereocenters. The number of carboxylic acid groups (broad SMARTS) is 1. The number of ether oxygens (including phenoxy) is 1. The van der Waals surface area contributed by atoms with Crippen molar-refractivity contribution >= 4 is 23.9 Å². The normalized spacial score (nSPS) is 11.6. The summed E-state index contributed by atoms with van der Waals surface area (Å²) in [6.45, 7) is 3.06. The highest BCUT2D eigenvalue weighted by Crippen LogP contribution is 2.38. The fourth-order valence-corrected chi connectivity index (χ4v) is 2.01. The Hall–Kier alpha value is -2.57. The van der Waals surface area contributed by atoms with Crippen LogP contribution in [0.3, 0.4) is 0 Å². The van der Waals surface area contributed by atoms with Gasteiger partial charge in [0.05, 0.1) is 0 Å². The van der Waals surface area contributed by atoms with Crippen molar-refractivity contribution in [2.75, 3.05) is 5.32 Å². The van der Waals surface area contributed by atoms with Crippen LogP contribution < -0.4 is 10.1 Å². The molecule has 0 saturated carbocycles. The van der Waals surface area contributed by atoms with Gasteiger partial charge in [-0.25, -0.2) is 0 Å². The first-order valence-electron chi connectivity index (χ1n) is 7.35. The van der Waals surface area contributed by atoms with Crippen LogP contribution in [0.2, 0.25) is 0 Å². The third-order valence-corrected chi connectivity index (χ3v) is 3.19. The summed E-state index contributed by atoms with van der Waals surface area (Å²) >= 11 is 0. The Morgan fingerprint density at radius 2 is 2.09 bits per heavy atom. The molecule has 3 N–H and O–H groups in total. The predicted molar refractivity (Wildman–Crippen MR) is 83.8 cm³/mol. The van der Waals surface area contributed by atoms with E-state index in [9.17, 15) is 19.5 Å². The number of hydrogen-bond donors (Lipinski definition) is 3. The van der Waals surface area contributed by atoms with Crippen molar-refractivity contribution in [2.24, 2.45) is 0 Å². The molecule has 0 aliphatic carbocycles. The smallest absolute Gasteiger partial charge is 0.303 e. The molecule has 0 bridgehead atoms. The average Bonchev–Trinajstić information content (AvgIpc) is 2.49. The van der Waals surface area contributed by atoms with Gasteiger partial charge in [-0.15, -0.1) is 0 Å². The van der Waals surface area contributed by atoms with E-state index in [0.717, 1.165) is 0 Å². The van der Waals surface area contributed by atoms with E-state index in [-0.39, 0.29) is 23.6 Å². The molecular weight excluding hydrogens is 302 g/mol. The minimum Gasteiger partial charge on any atom is -0.505 e. The molecule has 0 saturated heterocycles. The predicted octanol–water partition coefficient (Wildman–Crippen LogP) is 2.11. The van der Waals surface area contributed by atoms with Crippen LogP contribution in [-0.2, 0) is 20.8 Å². The zero-order valence-corrected chi connectivity index (χ0v) is 13.2.